The molecule has 6 heteroatoms. The Morgan fingerprint density at radius 3 is 2.04 bits per heavy atom. The second kappa shape index (κ2) is 8.03. The van der Waals surface area contributed by atoms with Gasteiger partial charge in [-0.15, -0.1) is 0 Å². The van der Waals surface area contributed by atoms with E-state index >= 15 is 0 Å². The molecule has 0 aliphatic heterocycles. The number of anilines is 1. The summed E-state index contributed by atoms with van der Waals surface area (Å²) in [6.45, 7) is 1.66. The van der Waals surface area contributed by atoms with Gasteiger partial charge in [0.1, 0.15) is 0 Å². The third kappa shape index (κ3) is 5.17. The van der Waals surface area contributed by atoms with Crippen molar-refractivity contribution >= 4 is 23.5 Å². The fraction of sp³-hybridized carbons (Fsp3) is 0.286. The Kier molecular flexibility index (Phi) is 5.54. The summed E-state index contributed by atoms with van der Waals surface area (Å²) in [7, 11) is 0. The molecule has 1 aliphatic carbocycles. The molecule has 140 valence electrons. The highest BCUT2D eigenvalue weighted by atomic mass is 16.4. The van der Waals surface area contributed by atoms with Crippen molar-refractivity contribution in [1.29, 1.82) is 0 Å². The molecule has 0 bridgehead atoms. The molecule has 2 amide bonds. The normalized spacial score (nSPS) is 14.3. The number of nitrogens with one attached hydrogen (secondary N) is 2. The number of amides is 2. The lowest BCUT2D eigenvalue weighted by Gasteiger charge is -2.09. The lowest BCUT2D eigenvalue weighted by Crippen LogP contribution is -2.25. The molecular weight excluding hydrogens is 344 g/mol. The van der Waals surface area contributed by atoms with Gasteiger partial charge in [-0.2, -0.15) is 0 Å². The van der Waals surface area contributed by atoms with Gasteiger partial charge in [0.05, 0.1) is 5.92 Å². The molecule has 1 atom stereocenters. The van der Waals surface area contributed by atoms with Crippen molar-refractivity contribution in [1.82, 2.24) is 5.32 Å². The highest BCUT2D eigenvalue weighted by Crippen LogP contribution is 2.19. The number of carbonyl (C=O) groups excluding carboxylic acids is 2. The molecule has 1 aliphatic rings. The average molecular weight is 366 g/mol. The second-order valence-electron chi connectivity index (χ2n) is 6.92. The minimum Gasteiger partial charge on any atom is -0.481 e. The van der Waals surface area contributed by atoms with Crippen LogP contribution in [0, 0.1) is 5.92 Å². The first-order valence-electron chi connectivity index (χ1n) is 8.96. The standard InChI is InChI=1S/C21H22N2O4/c1-13(21(26)27)12-14-2-8-17(9-3-14)22-19(24)15-4-6-16(7-5-15)20(25)23-18-10-11-18/h2-9,13,18H,10-12H2,1H3,(H,22,24)(H,23,25)(H,26,27). The molecule has 0 spiro atoms. The minimum atomic E-state index is -0.832. The van der Waals surface area contributed by atoms with Crippen molar-refractivity contribution in [3.63, 3.8) is 0 Å². The third-order valence-electron chi connectivity index (χ3n) is 4.50. The zero-order valence-corrected chi connectivity index (χ0v) is 15.1. The van der Waals surface area contributed by atoms with Gasteiger partial charge in [-0.05, 0) is 61.2 Å². The van der Waals surface area contributed by atoms with E-state index in [1.807, 2.05) is 0 Å². The van der Waals surface area contributed by atoms with Crippen molar-refractivity contribution in [3.05, 3.63) is 65.2 Å². The van der Waals surface area contributed by atoms with Crippen LogP contribution < -0.4 is 10.6 Å². The largest absolute Gasteiger partial charge is 0.481 e. The SMILES string of the molecule is CC(Cc1ccc(NC(=O)c2ccc(C(=O)NC3CC3)cc2)cc1)C(=O)O. The molecule has 0 radical (unpaired) electrons. The lowest BCUT2D eigenvalue weighted by atomic mass is 10.0. The molecular formula is C21H22N2O4. The lowest BCUT2D eigenvalue weighted by molar-refractivity contribution is -0.141. The van der Waals surface area contributed by atoms with Crippen LogP contribution >= 0.6 is 0 Å². The molecule has 3 rings (SSSR count). The van der Waals surface area contributed by atoms with Gasteiger partial charge in [-0.3, -0.25) is 14.4 Å². The fourth-order valence-corrected chi connectivity index (χ4v) is 2.64. The van der Waals surface area contributed by atoms with Crippen LogP contribution in [0.15, 0.2) is 48.5 Å². The molecule has 1 saturated carbocycles. The Hall–Kier alpha value is -3.15. The predicted octanol–water partition coefficient (Wildman–Crippen LogP) is 3.09. The maximum absolute atomic E-state index is 12.3. The first kappa shape index (κ1) is 18.6. The first-order chi connectivity index (χ1) is 12.9. The van der Waals surface area contributed by atoms with Gasteiger partial charge in [0.15, 0.2) is 0 Å². The van der Waals surface area contributed by atoms with E-state index in [1.165, 1.54) is 0 Å². The number of benzene rings is 2. The van der Waals surface area contributed by atoms with Gasteiger partial charge in [-0.1, -0.05) is 19.1 Å². The van der Waals surface area contributed by atoms with Gasteiger partial charge in [0, 0.05) is 22.9 Å². The summed E-state index contributed by atoms with van der Waals surface area (Å²) in [6.07, 6.45) is 2.49. The number of carbonyl (C=O) groups is 3. The van der Waals surface area contributed by atoms with Crippen LogP contribution in [0.2, 0.25) is 0 Å². The van der Waals surface area contributed by atoms with Crippen LogP contribution in [-0.4, -0.2) is 28.9 Å². The Morgan fingerprint density at radius 1 is 0.963 bits per heavy atom. The monoisotopic (exact) mass is 366 g/mol. The summed E-state index contributed by atoms with van der Waals surface area (Å²) in [5.41, 5.74) is 2.52. The van der Waals surface area contributed by atoms with Crippen LogP contribution in [0.5, 0.6) is 0 Å². The summed E-state index contributed by atoms with van der Waals surface area (Å²) in [4.78, 5) is 35.2. The second-order valence-corrected chi connectivity index (χ2v) is 6.92. The quantitative estimate of drug-likeness (QED) is 0.702. The zero-order valence-electron chi connectivity index (χ0n) is 15.1. The maximum atomic E-state index is 12.3. The molecule has 27 heavy (non-hydrogen) atoms. The first-order valence-corrected chi connectivity index (χ1v) is 8.96. The highest BCUT2D eigenvalue weighted by Gasteiger charge is 2.23. The van der Waals surface area contributed by atoms with E-state index in [4.69, 9.17) is 5.11 Å². The summed E-state index contributed by atoms with van der Waals surface area (Å²) < 4.78 is 0. The summed E-state index contributed by atoms with van der Waals surface area (Å²) in [6, 6.07) is 13.9. The van der Waals surface area contributed by atoms with E-state index in [2.05, 4.69) is 10.6 Å². The summed E-state index contributed by atoms with van der Waals surface area (Å²) in [5, 5.41) is 14.7. The zero-order chi connectivity index (χ0) is 19.4. The van der Waals surface area contributed by atoms with Crippen molar-refractivity contribution in [3.8, 4) is 0 Å². The molecule has 0 heterocycles. The summed E-state index contributed by atoms with van der Waals surface area (Å²) >= 11 is 0. The number of hydrogen-bond donors (Lipinski definition) is 3. The summed E-state index contributed by atoms with van der Waals surface area (Å²) in [5.74, 6) is -1.67. The Labute approximate surface area is 157 Å². The molecule has 2 aromatic rings. The van der Waals surface area contributed by atoms with Gasteiger partial charge >= 0.3 is 5.97 Å². The number of aliphatic carboxylic acids is 1. The van der Waals surface area contributed by atoms with Crippen molar-refractivity contribution < 1.29 is 19.5 Å². The van der Waals surface area contributed by atoms with Crippen LogP contribution in [0.3, 0.4) is 0 Å². The Morgan fingerprint density at radius 2 is 1.52 bits per heavy atom. The number of rotatable bonds is 7. The van der Waals surface area contributed by atoms with Crippen molar-refractivity contribution in [2.75, 3.05) is 5.32 Å². The Balaban J connectivity index is 1.57. The van der Waals surface area contributed by atoms with Crippen LogP contribution in [0.4, 0.5) is 5.69 Å². The van der Waals surface area contributed by atoms with E-state index in [1.54, 1.807) is 55.5 Å². The van der Waals surface area contributed by atoms with Crippen molar-refractivity contribution in [2.45, 2.75) is 32.2 Å². The third-order valence-corrected chi connectivity index (χ3v) is 4.50. The minimum absolute atomic E-state index is 0.115. The molecule has 1 unspecified atom stereocenters. The van der Waals surface area contributed by atoms with Crippen molar-refractivity contribution in [2.24, 2.45) is 5.92 Å². The predicted molar refractivity (Wildman–Crippen MR) is 102 cm³/mol. The van der Waals surface area contributed by atoms with Gasteiger partial charge in [0.25, 0.3) is 11.8 Å². The number of carboxylic acid groups (broad SMARTS) is 1. The van der Waals surface area contributed by atoms with E-state index < -0.39 is 11.9 Å². The molecule has 0 saturated heterocycles. The van der Waals surface area contributed by atoms with E-state index in [0.29, 0.717) is 29.3 Å². The maximum Gasteiger partial charge on any atom is 0.306 e. The van der Waals surface area contributed by atoms with Gasteiger partial charge in [0.2, 0.25) is 0 Å². The molecule has 0 aromatic heterocycles. The fourth-order valence-electron chi connectivity index (χ4n) is 2.64. The van der Waals surface area contributed by atoms with Gasteiger partial charge in [-0.25, -0.2) is 0 Å². The number of carboxylic acids is 1. The average Bonchev–Trinajstić information content (AvgIpc) is 3.47. The van der Waals surface area contributed by atoms with Crippen LogP contribution in [0.1, 0.15) is 46.0 Å². The van der Waals surface area contributed by atoms with E-state index in [9.17, 15) is 14.4 Å². The molecule has 3 N–H and O–H groups in total. The Bertz CT molecular complexity index is 839. The smallest absolute Gasteiger partial charge is 0.306 e. The van der Waals surface area contributed by atoms with Gasteiger partial charge < -0.3 is 15.7 Å². The van der Waals surface area contributed by atoms with E-state index in [-0.39, 0.29) is 11.8 Å². The highest BCUT2D eigenvalue weighted by molar-refractivity contribution is 6.05. The molecule has 6 nitrogen and oxygen atoms in total. The van der Waals surface area contributed by atoms with Crippen LogP contribution in [-0.2, 0) is 11.2 Å². The topological polar surface area (TPSA) is 95.5 Å². The molecule has 1 fully saturated rings. The number of hydrogen-bond acceptors (Lipinski definition) is 3. The molecule has 2 aromatic carbocycles. The van der Waals surface area contributed by atoms with Crippen LogP contribution in [0.25, 0.3) is 0 Å². The van der Waals surface area contributed by atoms with E-state index in [0.717, 1.165) is 18.4 Å².